The summed E-state index contributed by atoms with van der Waals surface area (Å²) >= 11 is 0. The van der Waals surface area contributed by atoms with Crippen molar-refractivity contribution >= 4 is 21.6 Å². The lowest BCUT2D eigenvalue weighted by Gasteiger charge is -2.26. The normalized spacial score (nSPS) is 16.8. The van der Waals surface area contributed by atoms with Gasteiger partial charge in [-0.15, -0.1) is 0 Å². The van der Waals surface area contributed by atoms with Gasteiger partial charge in [-0.25, -0.2) is 17.2 Å². The van der Waals surface area contributed by atoms with E-state index in [-0.39, 0.29) is 6.42 Å². The molecule has 1 unspecified atom stereocenters. The van der Waals surface area contributed by atoms with Crippen LogP contribution in [0, 0.1) is 11.6 Å². The van der Waals surface area contributed by atoms with Crippen LogP contribution in [0.1, 0.15) is 5.56 Å². The number of halogens is 2. The second kappa shape index (κ2) is 5.86. The summed E-state index contributed by atoms with van der Waals surface area (Å²) in [6, 6.07) is 7.84. The third kappa shape index (κ3) is 2.52. The molecule has 1 amide bonds. The largest absolute Gasteiger partial charge is 0.357 e. The van der Waals surface area contributed by atoms with Gasteiger partial charge in [-0.05, 0) is 23.8 Å². The number of rotatable bonds is 3. The van der Waals surface area contributed by atoms with Gasteiger partial charge < -0.3 is 5.32 Å². The Morgan fingerprint density at radius 1 is 1.21 bits per heavy atom. The monoisotopic (exact) mass is 352 g/mol. The topological polar surface area (TPSA) is 66.5 Å². The number of amides is 1. The Balaban J connectivity index is 2.17. The van der Waals surface area contributed by atoms with Crippen LogP contribution in [-0.4, -0.2) is 27.4 Å². The van der Waals surface area contributed by atoms with Gasteiger partial charge in [0, 0.05) is 19.5 Å². The van der Waals surface area contributed by atoms with Crippen molar-refractivity contribution in [2.75, 3.05) is 11.4 Å². The molecule has 0 fully saturated rings. The highest BCUT2D eigenvalue weighted by atomic mass is 32.2. The molecule has 0 saturated carbocycles. The van der Waals surface area contributed by atoms with E-state index in [0.717, 1.165) is 16.4 Å². The Hall–Kier alpha value is -2.48. The zero-order valence-electron chi connectivity index (χ0n) is 12.7. The molecule has 1 aliphatic rings. The van der Waals surface area contributed by atoms with Gasteiger partial charge in [-0.2, -0.15) is 0 Å². The quantitative estimate of drug-likeness (QED) is 0.917. The molecule has 2 aromatic carbocycles. The van der Waals surface area contributed by atoms with Gasteiger partial charge in [0.25, 0.3) is 10.0 Å². The van der Waals surface area contributed by atoms with Crippen LogP contribution in [0.25, 0.3) is 0 Å². The van der Waals surface area contributed by atoms with Gasteiger partial charge in [0.1, 0.15) is 22.6 Å². The molecule has 3 rings (SSSR count). The summed E-state index contributed by atoms with van der Waals surface area (Å²) < 4.78 is 53.9. The highest BCUT2D eigenvalue weighted by molar-refractivity contribution is 7.93. The van der Waals surface area contributed by atoms with E-state index in [0.29, 0.717) is 17.3 Å². The smallest absolute Gasteiger partial charge is 0.267 e. The van der Waals surface area contributed by atoms with Gasteiger partial charge in [0.15, 0.2) is 0 Å². The van der Waals surface area contributed by atoms with Crippen LogP contribution < -0.4 is 9.62 Å². The van der Waals surface area contributed by atoms with Crippen molar-refractivity contribution in [3.8, 4) is 0 Å². The predicted octanol–water partition coefficient (Wildman–Crippen LogP) is 1.83. The highest BCUT2D eigenvalue weighted by Gasteiger charge is 2.42. The SMILES string of the molecule is CNC(=O)C1Cc2ccccc2N1S(=O)(=O)c1ccc(F)cc1F. The molecule has 0 radical (unpaired) electrons. The summed E-state index contributed by atoms with van der Waals surface area (Å²) in [6.45, 7) is 0. The second-order valence-corrected chi connectivity index (χ2v) is 7.12. The Bertz CT molecular complexity index is 915. The van der Waals surface area contributed by atoms with Gasteiger partial charge >= 0.3 is 0 Å². The van der Waals surface area contributed by atoms with E-state index in [1.165, 1.54) is 7.05 Å². The summed E-state index contributed by atoms with van der Waals surface area (Å²) in [7, 11) is -2.98. The van der Waals surface area contributed by atoms with Gasteiger partial charge in [0.05, 0.1) is 5.69 Å². The molecule has 1 N–H and O–H groups in total. The Labute approximate surface area is 138 Å². The van der Waals surface area contributed by atoms with E-state index in [1.54, 1.807) is 24.3 Å². The summed E-state index contributed by atoms with van der Waals surface area (Å²) in [5.41, 5.74) is 0.979. The zero-order valence-corrected chi connectivity index (χ0v) is 13.5. The molecule has 24 heavy (non-hydrogen) atoms. The van der Waals surface area contributed by atoms with E-state index < -0.39 is 38.5 Å². The molecular formula is C16H14F2N2O3S. The summed E-state index contributed by atoms with van der Waals surface area (Å²) in [6.07, 6.45) is 0.178. The summed E-state index contributed by atoms with van der Waals surface area (Å²) in [5.74, 6) is -2.58. The molecular weight excluding hydrogens is 338 g/mol. The number of hydrogen-bond acceptors (Lipinski definition) is 3. The maximum atomic E-state index is 14.0. The van der Waals surface area contributed by atoms with Crippen LogP contribution in [0.15, 0.2) is 47.4 Å². The molecule has 1 atom stereocenters. The van der Waals surface area contributed by atoms with Gasteiger partial charge in [0.2, 0.25) is 5.91 Å². The first-order chi connectivity index (χ1) is 11.4. The molecule has 0 aliphatic carbocycles. The van der Waals surface area contributed by atoms with Crippen molar-refractivity contribution in [1.29, 1.82) is 0 Å². The number of likely N-dealkylation sites (N-methyl/N-ethyl adjacent to an activating group) is 1. The molecule has 5 nitrogen and oxygen atoms in total. The molecule has 8 heteroatoms. The minimum Gasteiger partial charge on any atom is -0.357 e. The van der Waals surface area contributed by atoms with Crippen LogP contribution in [0.5, 0.6) is 0 Å². The number of fused-ring (bicyclic) bond motifs is 1. The van der Waals surface area contributed by atoms with Gasteiger partial charge in [-0.1, -0.05) is 18.2 Å². The van der Waals surface area contributed by atoms with Crippen LogP contribution in [0.2, 0.25) is 0 Å². The molecule has 0 bridgehead atoms. The first-order valence-corrected chi connectivity index (χ1v) is 8.59. The Morgan fingerprint density at radius 2 is 1.92 bits per heavy atom. The molecule has 0 saturated heterocycles. The second-order valence-electron chi connectivity index (χ2n) is 5.34. The zero-order chi connectivity index (χ0) is 17.5. The van der Waals surface area contributed by atoms with Crippen LogP contribution >= 0.6 is 0 Å². The first-order valence-electron chi connectivity index (χ1n) is 7.15. The molecule has 1 aliphatic heterocycles. The standard InChI is InChI=1S/C16H14F2N2O3S/c1-19-16(21)14-8-10-4-2-3-5-13(10)20(14)24(22,23)15-7-6-11(17)9-12(15)18/h2-7,9,14H,8H2,1H3,(H,19,21). The predicted molar refractivity (Wildman–Crippen MR) is 84.0 cm³/mol. The lowest BCUT2D eigenvalue weighted by atomic mass is 10.1. The Morgan fingerprint density at radius 3 is 2.58 bits per heavy atom. The molecule has 0 aromatic heterocycles. The van der Waals surface area contributed by atoms with Crippen LogP contribution in [0.4, 0.5) is 14.5 Å². The fourth-order valence-corrected chi connectivity index (χ4v) is 4.51. The highest BCUT2D eigenvalue weighted by Crippen LogP contribution is 2.37. The molecule has 1 heterocycles. The summed E-state index contributed by atoms with van der Waals surface area (Å²) in [5, 5.41) is 2.42. The number of hydrogen-bond donors (Lipinski definition) is 1. The fraction of sp³-hybridized carbons (Fsp3) is 0.188. The van der Waals surface area contributed by atoms with E-state index in [4.69, 9.17) is 0 Å². The third-order valence-corrected chi connectivity index (χ3v) is 5.76. The molecule has 0 spiro atoms. The van der Waals surface area contributed by atoms with Crippen molar-refractivity contribution in [2.45, 2.75) is 17.4 Å². The Kier molecular flexibility index (Phi) is 4.00. The van der Waals surface area contributed by atoms with E-state index >= 15 is 0 Å². The van der Waals surface area contributed by atoms with Gasteiger partial charge in [-0.3, -0.25) is 9.10 Å². The number of anilines is 1. The van der Waals surface area contributed by atoms with E-state index in [2.05, 4.69) is 5.32 Å². The van der Waals surface area contributed by atoms with Crippen molar-refractivity contribution in [2.24, 2.45) is 0 Å². The number of nitrogens with zero attached hydrogens (tertiary/aromatic N) is 1. The first kappa shape index (κ1) is 16.4. The van der Waals surface area contributed by atoms with Crippen LogP contribution in [-0.2, 0) is 21.2 Å². The average molecular weight is 352 g/mol. The number of carbonyl (C=O) groups is 1. The minimum atomic E-state index is -4.37. The molecule has 126 valence electrons. The maximum Gasteiger partial charge on any atom is 0.267 e. The third-order valence-electron chi connectivity index (χ3n) is 3.91. The number of carbonyl (C=O) groups excluding carboxylic acids is 1. The lowest BCUT2D eigenvalue weighted by molar-refractivity contribution is -0.121. The van der Waals surface area contributed by atoms with Crippen molar-refractivity contribution in [3.63, 3.8) is 0 Å². The van der Waals surface area contributed by atoms with E-state index in [9.17, 15) is 22.0 Å². The lowest BCUT2D eigenvalue weighted by Crippen LogP contribution is -2.47. The van der Waals surface area contributed by atoms with Crippen molar-refractivity contribution < 1.29 is 22.0 Å². The molecule has 2 aromatic rings. The van der Waals surface area contributed by atoms with Crippen molar-refractivity contribution in [1.82, 2.24) is 5.32 Å². The minimum absolute atomic E-state index is 0.178. The van der Waals surface area contributed by atoms with E-state index in [1.807, 2.05) is 0 Å². The number of para-hydroxylation sites is 1. The number of sulfonamides is 1. The summed E-state index contributed by atoms with van der Waals surface area (Å²) in [4.78, 5) is 11.5. The van der Waals surface area contributed by atoms with Crippen molar-refractivity contribution in [3.05, 3.63) is 59.7 Å². The number of benzene rings is 2. The van der Waals surface area contributed by atoms with Crippen LogP contribution in [0.3, 0.4) is 0 Å². The average Bonchev–Trinajstić information content (AvgIpc) is 2.93. The number of nitrogens with one attached hydrogen (secondary N) is 1. The maximum absolute atomic E-state index is 14.0. The fourth-order valence-electron chi connectivity index (χ4n) is 2.81.